The van der Waals surface area contributed by atoms with Crippen LogP contribution >= 0.6 is 0 Å². The first kappa shape index (κ1) is 23.6. The van der Waals surface area contributed by atoms with Gasteiger partial charge in [0, 0.05) is 43.6 Å². The fourth-order valence-corrected chi connectivity index (χ4v) is 4.99. The molecule has 1 amide bonds. The molecule has 3 heterocycles. The number of nitrogens with zero attached hydrogens (tertiary/aromatic N) is 4. The number of benzene rings is 2. The fourth-order valence-electron chi connectivity index (χ4n) is 4.99. The van der Waals surface area contributed by atoms with Crippen LogP contribution in [0.5, 0.6) is 0 Å². The average molecular weight is 485 g/mol. The maximum atomic E-state index is 12.1. The van der Waals surface area contributed by atoms with Crippen LogP contribution in [0, 0.1) is 25.2 Å². The molecular formula is C27H28N6O3. The summed E-state index contributed by atoms with van der Waals surface area (Å²) >= 11 is 0. The van der Waals surface area contributed by atoms with Crippen LogP contribution in [0.4, 0.5) is 17.1 Å². The van der Waals surface area contributed by atoms with Crippen molar-refractivity contribution in [2.45, 2.75) is 26.1 Å². The molecule has 2 aliphatic rings. The number of anilines is 3. The quantitative estimate of drug-likeness (QED) is 0.470. The van der Waals surface area contributed by atoms with E-state index < -0.39 is 6.23 Å². The van der Waals surface area contributed by atoms with E-state index in [2.05, 4.69) is 37.7 Å². The van der Waals surface area contributed by atoms with Gasteiger partial charge in [0.2, 0.25) is 5.91 Å². The zero-order chi connectivity index (χ0) is 25.2. The first-order chi connectivity index (χ1) is 17.4. The average Bonchev–Trinajstić information content (AvgIpc) is 3.12. The van der Waals surface area contributed by atoms with Crippen molar-refractivity contribution in [2.24, 2.45) is 0 Å². The number of hydrogen-bond acceptors (Lipinski definition) is 8. The molecule has 36 heavy (non-hydrogen) atoms. The van der Waals surface area contributed by atoms with Crippen LogP contribution in [0.1, 0.15) is 40.4 Å². The van der Waals surface area contributed by atoms with Crippen molar-refractivity contribution < 1.29 is 14.4 Å². The second kappa shape index (κ2) is 9.85. The molecule has 2 aromatic carbocycles. The molecule has 0 spiro atoms. The summed E-state index contributed by atoms with van der Waals surface area (Å²) in [5.41, 5.74) is 5.18. The van der Waals surface area contributed by atoms with E-state index in [-0.39, 0.29) is 11.9 Å². The molecule has 2 atom stereocenters. The second-order valence-electron chi connectivity index (χ2n) is 9.03. The Balaban J connectivity index is 1.29. The fraction of sp³-hybridized carbons (Fsp3) is 0.296. The van der Waals surface area contributed by atoms with E-state index in [0.29, 0.717) is 28.3 Å². The van der Waals surface area contributed by atoms with Crippen LogP contribution < -0.4 is 15.5 Å². The predicted molar refractivity (Wildman–Crippen MR) is 136 cm³/mol. The van der Waals surface area contributed by atoms with Gasteiger partial charge in [-0.15, -0.1) is 0 Å². The highest BCUT2D eigenvalue weighted by atomic mass is 16.5. The lowest BCUT2D eigenvalue weighted by atomic mass is 10.0. The number of nitriles is 1. The Bertz CT molecular complexity index is 1330. The number of nitrogens with one attached hydrogen (secondary N) is 2. The van der Waals surface area contributed by atoms with Gasteiger partial charge in [-0.2, -0.15) is 5.26 Å². The molecule has 2 unspecified atom stereocenters. The lowest BCUT2D eigenvalue weighted by Crippen LogP contribution is -2.47. The predicted octanol–water partition coefficient (Wildman–Crippen LogP) is 3.64. The highest BCUT2D eigenvalue weighted by Crippen LogP contribution is 2.33. The summed E-state index contributed by atoms with van der Waals surface area (Å²) < 4.78 is 5.14. The zero-order valence-corrected chi connectivity index (χ0v) is 20.2. The van der Waals surface area contributed by atoms with Crippen molar-refractivity contribution in [1.82, 2.24) is 10.1 Å². The van der Waals surface area contributed by atoms with Crippen molar-refractivity contribution in [3.05, 3.63) is 82.8 Å². The normalized spacial score (nSPS) is 18.7. The van der Waals surface area contributed by atoms with Crippen LogP contribution in [0.15, 0.2) is 59.1 Å². The molecule has 3 N–H and O–H groups in total. The van der Waals surface area contributed by atoms with Gasteiger partial charge in [0.05, 0.1) is 28.6 Å². The van der Waals surface area contributed by atoms with E-state index in [1.807, 2.05) is 36.4 Å². The third-order valence-corrected chi connectivity index (χ3v) is 6.80. The highest BCUT2D eigenvalue weighted by Gasteiger charge is 2.28. The van der Waals surface area contributed by atoms with E-state index >= 15 is 0 Å². The van der Waals surface area contributed by atoms with Gasteiger partial charge in [0.25, 0.3) is 0 Å². The van der Waals surface area contributed by atoms with Crippen LogP contribution in [-0.4, -0.2) is 47.2 Å². The molecule has 0 radical (unpaired) electrons. The summed E-state index contributed by atoms with van der Waals surface area (Å²) in [5, 5.41) is 30.3. The number of carbonyl (C=O) groups excluding carboxylic acids is 1. The molecular weight excluding hydrogens is 456 g/mol. The molecule has 9 heteroatoms. The summed E-state index contributed by atoms with van der Waals surface area (Å²) in [6, 6.07) is 15.7. The summed E-state index contributed by atoms with van der Waals surface area (Å²) in [6.45, 7) is 6.59. The van der Waals surface area contributed by atoms with Crippen molar-refractivity contribution in [3.63, 3.8) is 0 Å². The molecule has 0 saturated carbocycles. The topological polar surface area (TPSA) is 118 Å². The minimum atomic E-state index is -0.992. The number of aliphatic hydroxyl groups excluding tert-OH is 1. The number of para-hydroxylation sites is 1. The van der Waals surface area contributed by atoms with Gasteiger partial charge in [-0.3, -0.25) is 9.69 Å². The lowest BCUT2D eigenvalue weighted by Gasteiger charge is -2.40. The van der Waals surface area contributed by atoms with E-state index in [4.69, 9.17) is 4.52 Å². The van der Waals surface area contributed by atoms with Gasteiger partial charge in [0.1, 0.15) is 11.8 Å². The van der Waals surface area contributed by atoms with Crippen molar-refractivity contribution in [2.75, 3.05) is 41.7 Å². The Morgan fingerprint density at radius 1 is 1.19 bits per heavy atom. The highest BCUT2D eigenvalue weighted by molar-refractivity contribution is 6.00. The minimum absolute atomic E-state index is 0.00938. The van der Waals surface area contributed by atoms with Gasteiger partial charge in [-0.05, 0) is 43.7 Å². The molecule has 0 bridgehead atoms. The van der Waals surface area contributed by atoms with Crippen molar-refractivity contribution in [1.29, 1.82) is 5.26 Å². The standard InChI is InChI=1S/C27H28N6O3/c1-17-26(18(2)36-31-17)27(35)29-20-7-8-23(19(15-20)16-28)32-11-13-33(14-12-32)24-9-10-25(34)30-22-6-4-3-5-21(22)24/h3-10,15,24,27,29,35H,11-14H2,1-2H3,(H,30,34). The summed E-state index contributed by atoms with van der Waals surface area (Å²) in [5.74, 6) is 0.434. The number of piperazine rings is 1. The van der Waals surface area contributed by atoms with Crippen molar-refractivity contribution >= 4 is 23.0 Å². The number of aromatic nitrogens is 1. The molecule has 2 aliphatic heterocycles. The third-order valence-electron chi connectivity index (χ3n) is 6.80. The first-order valence-corrected chi connectivity index (χ1v) is 11.9. The molecule has 5 rings (SSSR count). The van der Waals surface area contributed by atoms with E-state index in [9.17, 15) is 15.2 Å². The monoisotopic (exact) mass is 484 g/mol. The Morgan fingerprint density at radius 3 is 2.69 bits per heavy atom. The van der Waals surface area contributed by atoms with Gasteiger partial charge in [-0.1, -0.05) is 29.4 Å². The summed E-state index contributed by atoms with van der Waals surface area (Å²) in [6.07, 6.45) is 2.57. The minimum Gasteiger partial charge on any atom is -0.369 e. The van der Waals surface area contributed by atoms with Crippen LogP contribution in [-0.2, 0) is 4.79 Å². The molecule has 9 nitrogen and oxygen atoms in total. The zero-order valence-electron chi connectivity index (χ0n) is 20.2. The van der Waals surface area contributed by atoms with Gasteiger partial charge in [-0.25, -0.2) is 0 Å². The van der Waals surface area contributed by atoms with E-state index in [1.165, 1.54) is 0 Å². The molecule has 1 fully saturated rings. The maximum Gasteiger partial charge on any atom is 0.248 e. The number of aryl methyl sites for hydroxylation is 2. The van der Waals surface area contributed by atoms with Crippen LogP contribution in [0.25, 0.3) is 0 Å². The molecule has 1 aromatic heterocycles. The Hall–Kier alpha value is -4.13. The number of hydrogen-bond donors (Lipinski definition) is 3. The van der Waals surface area contributed by atoms with Crippen molar-refractivity contribution in [3.8, 4) is 6.07 Å². The van der Waals surface area contributed by atoms with E-state index in [0.717, 1.165) is 43.1 Å². The number of aliphatic hydroxyl groups is 1. The lowest BCUT2D eigenvalue weighted by molar-refractivity contribution is -0.111. The number of amides is 1. The van der Waals surface area contributed by atoms with E-state index in [1.54, 1.807) is 26.0 Å². The Morgan fingerprint density at radius 2 is 1.97 bits per heavy atom. The van der Waals surface area contributed by atoms with Gasteiger partial charge in [0.15, 0.2) is 6.23 Å². The summed E-state index contributed by atoms with van der Waals surface area (Å²) in [7, 11) is 0. The number of fused-ring (bicyclic) bond motifs is 1. The van der Waals surface area contributed by atoms with Gasteiger partial charge < -0.3 is 25.2 Å². The number of carbonyl (C=O) groups is 1. The SMILES string of the molecule is Cc1noc(C)c1C(O)Nc1ccc(N2CCN(C3C=CC(=O)Nc4ccccc43)CC2)c(C#N)c1. The number of rotatable bonds is 5. The smallest absolute Gasteiger partial charge is 0.248 e. The largest absolute Gasteiger partial charge is 0.369 e. The second-order valence-corrected chi connectivity index (χ2v) is 9.03. The third kappa shape index (κ3) is 4.56. The maximum absolute atomic E-state index is 12.1. The molecule has 184 valence electrons. The molecule has 1 saturated heterocycles. The molecule has 0 aliphatic carbocycles. The summed E-state index contributed by atoms with van der Waals surface area (Å²) in [4.78, 5) is 16.7. The molecule has 3 aromatic rings. The van der Waals surface area contributed by atoms with Gasteiger partial charge >= 0.3 is 0 Å². The van der Waals surface area contributed by atoms with Crippen LogP contribution in [0.3, 0.4) is 0 Å². The van der Waals surface area contributed by atoms with Crippen LogP contribution in [0.2, 0.25) is 0 Å². The Labute approximate surface area is 209 Å². The Kier molecular flexibility index (Phi) is 6.46. The first-order valence-electron chi connectivity index (χ1n) is 11.9.